The number of amidine groups is 1. The third-order valence-corrected chi connectivity index (χ3v) is 3.59. The predicted molar refractivity (Wildman–Crippen MR) is 75.3 cm³/mol. The molecule has 1 aliphatic heterocycles. The second-order valence-corrected chi connectivity index (χ2v) is 5.08. The van der Waals surface area contributed by atoms with E-state index in [1.165, 1.54) is 12.1 Å². The second-order valence-electron chi connectivity index (χ2n) is 5.08. The molecule has 3 rings (SSSR count). The number of halogens is 1. The third-order valence-electron chi connectivity index (χ3n) is 3.59. The predicted octanol–water partition coefficient (Wildman–Crippen LogP) is 1.13. The van der Waals surface area contributed by atoms with Gasteiger partial charge in [0, 0.05) is 37.6 Å². The van der Waals surface area contributed by atoms with Crippen molar-refractivity contribution in [2.45, 2.75) is 19.6 Å². The van der Waals surface area contributed by atoms with Crippen LogP contribution in [0, 0.1) is 5.82 Å². The van der Waals surface area contributed by atoms with Crippen LogP contribution in [0.5, 0.6) is 0 Å². The maximum atomic E-state index is 13.6. The summed E-state index contributed by atoms with van der Waals surface area (Å²) in [5.74, 6) is 0.520. The minimum atomic E-state index is -0.396. The standard InChI is InChI=1S/C14H16FN5O/c15-12-6-10(5-11(7-12)14(16)18-21)8-19-3-4-20-2-1-17-13(20)9-19/h1-2,5-7,21H,3-4,8-9H2,(H2,16,18). The SMILES string of the molecule is N/C(=N/O)c1cc(F)cc(CN2CCn3ccnc3C2)c1. The summed E-state index contributed by atoms with van der Waals surface area (Å²) < 4.78 is 15.8. The van der Waals surface area contributed by atoms with Gasteiger partial charge in [0.1, 0.15) is 11.6 Å². The first kappa shape index (κ1) is 13.6. The van der Waals surface area contributed by atoms with Crippen LogP contribution in [0.3, 0.4) is 0 Å². The minimum absolute atomic E-state index is 0.0927. The fourth-order valence-electron chi connectivity index (χ4n) is 2.56. The van der Waals surface area contributed by atoms with Crippen molar-refractivity contribution in [3.8, 4) is 0 Å². The van der Waals surface area contributed by atoms with Crippen molar-refractivity contribution in [3.05, 3.63) is 53.4 Å². The first-order valence-electron chi connectivity index (χ1n) is 6.65. The van der Waals surface area contributed by atoms with E-state index in [-0.39, 0.29) is 5.84 Å². The van der Waals surface area contributed by atoms with Crippen molar-refractivity contribution in [2.75, 3.05) is 6.54 Å². The summed E-state index contributed by atoms with van der Waals surface area (Å²) in [6.45, 7) is 3.06. The number of imidazole rings is 1. The molecule has 0 saturated carbocycles. The lowest BCUT2D eigenvalue weighted by Crippen LogP contribution is -2.33. The molecule has 0 aliphatic carbocycles. The highest BCUT2D eigenvalue weighted by Gasteiger charge is 2.17. The van der Waals surface area contributed by atoms with E-state index in [2.05, 4.69) is 19.6 Å². The number of hydrogen-bond donors (Lipinski definition) is 2. The Bertz CT molecular complexity index is 682. The lowest BCUT2D eigenvalue weighted by atomic mass is 10.1. The highest BCUT2D eigenvalue weighted by atomic mass is 19.1. The Morgan fingerprint density at radius 3 is 3.05 bits per heavy atom. The van der Waals surface area contributed by atoms with Crippen LogP contribution in [0.4, 0.5) is 4.39 Å². The maximum Gasteiger partial charge on any atom is 0.170 e. The molecule has 6 nitrogen and oxygen atoms in total. The topological polar surface area (TPSA) is 79.7 Å². The Kier molecular flexibility index (Phi) is 3.57. The van der Waals surface area contributed by atoms with E-state index < -0.39 is 5.82 Å². The first-order valence-corrected chi connectivity index (χ1v) is 6.65. The molecule has 0 saturated heterocycles. The zero-order chi connectivity index (χ0) is 14.8. The summed E-state index contributed by atoms with van der Waals surface area (Å²) in [5.41, 5.74) is 6.69. The molecule has 0 radical (unpaired) electrons. The molecule has 1 aromatic heterocycles. The van der Waals surface area contributed by atoms with Crippen molar-refractivity contribution in [1.29, 1.82) is 0 Å². The van der Waals surface area contributed by atoms with Gasteiger partial charge in [-0.05, 0) is 23.8 Å². The van der Waals surface area contributed by atoms with Crippen LogP contribution >= 0.6 is 0 Å². The van der Waals surface area contributed by atoms with Gasteiger partial charge in [-0.3, -0.25) is 4.90 Å². The van der Waals surface area contributed by atoms with Crippen LogP contribution in [-0.4, -0.2) is 32.0 Å². The zero-order valence-electron chi connectivity index (χ0n) is 11.4. The Balaban J connectivity index is 1.78. The third kappa shape index (κ3) is 2.87. The zero-order valence-corrected chi connectivity index (χ0v) is 11.4. The van der Waals surface area contributed by atoms with Crippen LogP contribution in [-0.2, 0) is 19.6 Å². The quantitative estimate of drug-likeness (QED) is 0.384. The van der Waals surface area contributed by atoms with Gasteiger partial charge in [0.2, 0.25) is 0 Å². The average Bonchev–Trinajstić information content (AvgIpc) is 2.93. The lowest BCUT2D eigenvalue weighted by Gasteiger charge is -2.27. The van der Waals surface area contributed by atoms with Gasteiger partial charge in [-0.2, -0.15) is 0 Å². The van der Waals surface area contributed by atoms with Gasteiger partial charge in [-0.1, -0.05) is 5.16 Å². The number of aromatic nitrogens is 2. The average molecular weight is 289 g/mol. The number of rotatable bonds is 3. The van der Waals surface area contributed by atoms with Crippen molar-refractivity contribution in [2.24, 2.45) is 10.9 Å². The summed E-state index contributed by atoms with van der Waals surface area (Å²) in [6, 6.07) is 4.45. The number of hydrogen-bond acceptors (Lipinski definition) is 4. The molecule has 0 spiro atoms. The second kappa shape index (κ2) is 5.53. The fraction of sp³-hybridized carbons (Fsp3) is 0.286. The molecule has 0 atom stereocenters. The van der Waals surface area contributed by atoms with Crippen LogP contribution in [0.1, 0.15) is 17.0 Å². The highest BCUT2D eigenvalue weighted by Crippen LogP contribution is 2.16. The summed E-state index contributed by atoms with van der Waals surface area (Å²) >= 11 is 0. The van der Waals surface area contributed by atoms with Crippen LogP contribution < -0.4 is 5.73 Å². The van der Waals surface area contributed by atoms with Gasteiger partial charge >= 0.3 is 0 Å². The van der Waals surface area contributed by atoms with E-state index in [1.54, 1.807) is 12.3 Å². The molecule has 1 aromatic carbocycles. The molecule has 2 aromatic rings. The molecular formula is C14H16FN5O. The van der Waals surface area contributed by atoms with Crippen LogP contribution in [0.15, 0.2) is 35.7 Å². The molecule has 0 unspecified atom stereocenters. The van der Waals surface area contributed by atoms with Crippen molar-refractivity contribution in [1.82, 2.24) is 14.5 Å². The summed E-state index contributed by atoms with van der Waals surface area (Å²) in [6.07, 6.45) is 3.75. The largest absolute Gasteiger partial charge is 0.409 e. The Hall–Kier alpha value is -2.41. The number of nitrogens with two attached hydrogens (primary N) is 1. The van der Waals surface area contributed by atoms with E-state index in [0.29, 0.717) is 12.1 Å². The molecule has 0 amide bonds. The van der Waals surface area contributed by atoms with Crippen molar-refractivity contribution >= 4 is 5.84 Å². The molecule has 0 fully saturated rings. The van der Waals surface area contributed by atoms with Crippen LogP contribution in [0.25, 0.3) is 0 Å². The molecular weight excluding hydrogens is 273 g/mol. The van der Waals surface area contributed by atoms with Gasteiger partial charge in [-0.15, -0.1) is 0 Å². The molecule has 2 heterocycles. The van der Waals surface area contributed by atoms with Crippen molar-refractivity contribution in [3.63, 3.8) is 0 Å². The Morgan fingerprint density at radius 1 is 1.38 bits per heavy atom. The van der Waals surface area contributed by atoms with E-state index in [1.807, 2.05) is 6.20 Å². The number of fused-ring (bicyclic) bond motifs is 1. The van der Waals surface area contributed by atoms with Gasteiger partial charge in [0.25, 0.3) is 0 Å². The summed E-state index contributed by atoms with van der Waals surface area (Å²) in [7, 11) is 0. The summed E-state index contributed by atoms with van der Waals surface area (Å²) in [4.78, 5) is 6.49. The minimum Gasteiger partial charge on any atom is -0.409 e. The van der Waals surface area contributed by atoms with Gasteiger partial charge < -0.3 is 15.5 Å². The monoisotopic (exact) mass is 289 g/mol. The summed E-state index contributed by atoms with van der Waals surface area (Å²) in [5, 5.41) is 11.6. The smallest absolute Gasteiger partial charge is 0.170 e. The van der Waals surface area contributed by atoms with E-state index in [9.17, 15) is 4.39 Å². The molecule has 21 heavy (non-hydrogen) atoms. The lowest BCUT2D eigenvalue weighted by molar-refractivity contribution is 0.208. The highest BCUT2D eigenvalue weighted by molar-refractivity contribution is 5.97. The van der Waals surface area contributed by atoms with Crippen LogP contribution in [0.2, 0.25) is 0 Å². The van der Waals surface area contributed by atoms with E-state index in [0.717, 1.165) is 31.0 Å². The van der Waals surface area contributed by atoms with Gasteiger partial charge in [0.15, 0.2) is 5.84 Å². The molecule has 3 N–H and O–H groups in total. The number of nitrogens with zero attached hydrogens (tertiary/aromatic N) is 4. The molecule has 0 bridgehead atoms. The normalized spacial score (nSPS) is 16.0. The number of benzene rings is 1. The van der Waals surface area contributed by atoms with Gasteiger partial charge in [0.05, 0.1) is 6.54 Å². The Morgan fingerprint density at radius 2 is 2.24 bits per heavy atom. The molecule has 7 heteroatoms. The van der Waals surface area contributed by atoms with E-state index >= 15 is 0 Å². The van der Waals surface area contributed by atoms with Crippen molar-refractivity contribution < 1.29 is 9.60 Å². The Labute approximate surface area is 121 Å². The number of oxime groups is 1. The fourth-order valence-corrected chi connectivity index (χ4v) is 2.56. The maximum absolute atomic E-state index is 13.6. The van der Waals surface area contributed by atoms with Gasteiger partial charge in [-0.25, -0.2) is 9.37 Å². The van der Waals surface area contributed by atoms with E-state index in [4.69, 9.17) is 10.9 Å². The first-order chi connectivity index (χ1) is 10.2. The molecule has 1 aliphatic rings. The molecule has 110 valence electrons.